The summed E-state index contributed by atoms with van der Waals surface area (Å²) < 4.78 is 13.0. The van der Waals surface area contributed by atoms with E-state index in [0.29, 0.717) is 5.56 Å². The summed E-state index contributed by atoms with van der Waals surface area (Å²) in [5, 5.41) is 3.14. The van der Waals surface area contributed by atoms with E-state index in [0.717, 1.165) is 30.8 Å². The molecule has 25 heavy (non-hydrogen) atoms. The van der Waals surface area contributed by atoms with Crippen LogP contribution < -0.4 is 5.32 Å². The van der Waals surface area contributed by atoms with Crippen molar-refractivity contribution in [3.63, 3.8) is 0 Å². The number of hydrogen-bond donors (Lipinski definition) is 1. The van der Waals surface area contributed by atoms with Crippen molar-refractivity contribution >= 4 is 5.91 Å². The number of carbonyl (C=O) groups excluding carboxylic acids is 1. The Hall–Kier alpha value is -2.20. The Morgan fingerprint density at radius 3 is 2.08 bits per heavy atom. The summed E-state index contributed by atoms with van der Waals surface area (Å²) >= 11 is 0. The molecule has 1 amide bonds. The number of nitrogens with one attached hydrogen (secondary N) is 1. The van der Waals surface area contributed by atoms with Gasteiger partial charge in [0.05, 0.1) is 0 Å². The Morgan fingerprint density at radius 2 is 1.52 bits per heavy atom. The third kappa shape index (κ3) is 4.67. The zero-order chi connectivity index (χ0) is 17.9. The number of rotatable bonds is 5. The SMILES string of the molecule is CC(C)(CN1CCCC1)NC(=O)c1ccc(-c2ccc(F)cc2)cc1. The summed E-state index contributed by atoms with van der Waals surface area (Å²) in [6.45, 7) is 7.23. The van der Waals surface area contributed by atoms with Crippen LogP contribution in [0.15, 0.2) is 48.5 Å². The lowest BCUT2D eigenvalue weighted by molar-refractivity contribution is 0.0894. The molecule has 1 N–H and O–H groups in total. The largest absolute Gasteiger partial charge is 0.346 e. The van der Waals surface area contributed by atoms with Crippen molar-refractivity contribution in [3.8, 4) is 11.1 Å². The molecule has 1 aliphatic rings. The first-order chi connectivity index (χ1) is 11.9. The van der Waals surface area contributed by atoms with Crippen molar-refractivity contribution < 1.29 is 9.18 Å². The monoisotopic (exact) mass is 340 g/mol. The molecule has 0 atom stereocenters. The number of benzene rings is 2. The van der Waals surface area contributed by atoms with Crippen LogP contribution in [-0.4, -0.2) is 36.0 Å². The molecule has 0 spiro atoms. The molecular weight excluding hydrogens is 315 g/mol. The number of hydrogen-bond acceptors (Lipinski definition) is 2. The van der Waals surface area contributed by atoms with Gasteiger partial charge in [0.2, 0.25) is 0 Å². The number of likely N-dealkylation sites (tertiary alicyclic amines) is 1. The van der Waals surface area contributed by atoms with E-state index in [4.69, 9.17) is 0 Å². The minimum absolute atomic E-state index is 0.0603. The molecule has 1 aliphatic heterocycles. The van der Waals surface area contributed by atoms with Gasteiger partial charge in [0.25, 0.3) is 5.91 Å². The molecule has 0 aromatic heterocycles. The Balaban J connectivity index is 1.64. The van der Waals surface area contributed by atoms with Crippen LogP contribution in [0.25, 0.3) is 11.1 Å². The number of carbonyl (C=O) groups is 1. The second-order valence-electron chi connectivity index (χ2n) is 7.41. The maximum atomic E-state index is 13.0. The summed E-state index contributed by atoms with van der Waals surface area (Å²) in [5.41, 5.74) is 2.27. The highest BCUT2D eigenvalue weighted by atomic mass is 19.1. The lowest BCUT2D eigenvalue weighted by Gasteiger charge is -2.31. The molecular formula is C21H25FN2O. The minimum atomic E-state index is -0.267. The van der Waals surface area contributed by atoms with E-state index in [-0.39, 0.29) is 17.3 Å². The average Bonchev–Trinajstić information content (AvgIpc) is 3.07. The van der Waals surface area contributed by atoms with Crippen molar-refractivity contribution in [1.82, 2.24) is 10.2 Å². The molecule has 4 heteroatoms. The number of halogens is 1. The van der Waals surface area contributed by atoms with Gasteiger partial charge in [0.1, 0.15) is 5.82 Å². The average molecular weight is 340 g/mol. The molecule has 1 fully saturated rings. The van der Waals surface area contributed by atoms with Crippen molar-refractivity contribution in [2.45, 2.75) is 32.2 Å². The Kier molecular flexibility index (Phi) is 5.19. The maximum absolute atomic E-state index is 13.0. The molecule has 0 aliphatic carbocycles. The molecule has 3 nitrogen and oxygen atoms in total. The molecule has 0 saturated carbocycles. The number of amides is 1. The predicted molar refractivity (Wildman–Crippen MR) is 99.1 cm³/mol. The zero-order valence-electron chi connectivity index (χ0n) is 14.9. The molecule has 2 aromatic carbocycles. The standard InChI is InChI=1S/C21H25FN2O/c1-21(2,15-24-13-3-4-14-24)23-20(25)18-7-5-16(6-8-18)17-9-11-19(22)12-10-17/h5-12H,3-4,13-15H2,1-2H3,(H,23,25). The van der Waals surface area contributed by atoms with E-state index in [1.54, 1.807) is 12.1 Å². The molecule has 2 aromatic rings. The van der Waals surface area contributed by atoms with Crippen LogP contribution in [0.5, 0.6) is 0 Å². The smallest absolute Gasteiger partial charge is 0.251 e. The summed E-state index contributed by atoms with van der Waals surface area (Å²) in [6.07, 6.45) is 2.49. The van der Waals surface area contributed by atoms with Gasteiger partial charge in [-0.05, 0) is 75.2 Å². The lowest BCUT2D eigenvalue weighted by Crippen LogP contribution is -2.50. The first kappa shape index (κ1) is 17.6. The zero-order valence-corrected chi connectivity index (χ0v) is 14.9. The lowest BCUT2D eigenvalue weighted by atomic mass is 10.0. The fourth-order valence-electron chi connectivity index (χ4n) is 3.38. The fraction of sp³-hybridized carbons (Fsp3) is 0.381. The van der Waals surface area contributed by atoms with Gasteiger partial charge in [0, 0.05) is 17.6 Å². The topological polar surface area (TPSA) is 32.3 Å². The van der Waals surface area contributed by atoms with Crippen LogP contribution in [0.3, 0.4) is 0 Å². The van der Waals surface area contributed by atoms with Gasteiger partial charge in [-0.25, -0.2) is 4.39 Å². The van der Waals surface area contributed by atoms with Crippen LogP contribution in [0.4, 0.5) is 4.39 Å². The van der Waals surface area contributed by atoms with Gasteiger partial charge in [-0.3, -0.25) is 4.79 Å². The molecule has 0 radical (unpaired) electrons. The second kappa shape index (κ2) is 7.36. The molecule has 1 saturated heterocycles. The van der Waals surface area contributed by atoms with E-state index in [1.807, 2.05) is 24.3 Å². The molecule has 0 unspecified atom stereocenters. The predicted octanol–water partition coefficient (Wildman–Crippen LogP) is 4.10. The highest BCUT2D eigenvalue weighted by Crippen LogP contribution is 2.20. The highest BCUT2D eigenvalue weighted by molar-refractivity contribution is 5.95. The number of nitrogens with zero attached hydrogens (tertiary/aromatic N) is 1. The fourth-order valence-corrected chi connectivity index (χ4v) is 3.38. The summed E-state index contributed by atoms with van der Waals surface area (Å²) in [6, 6.07) is 13.8. The first-order valence-corrected chi connectivity index (χ1v) is 8.84. The van der Waals surface area contributed by atoms with E-state index in [9.17, 15) is 9.18 Å². The van der Waals surface area contributed by atoms with Crippen molar-refractivity contribution in [2.75, 3.05) is 19.6 Å². The van der Waals surface area contributed by atoms with Gasteiger partial charge < -0.3 is 10.2 Å². The minimum Gasteiger partial charge on any atom is -0.346 e. The van der Waals surface area contributed by atoms with Gasteiger partial charge >= 0.3 is 0 Å². The van der Waals surface area contributed by atoms with E-state index in [1.165, 1.54) is 25.0 Å². The van der Waals surface area contributed by atoms with Crippen LogP contribution in [0.2, 0.25) is 0 Å². The third-order valence-corrected chi connectivity index (χ3v) is 4.59. The summed E-state index contributed by atoms with van der Waals surface area (Å²) in [7, 11) is 0. The van der Waals surface area contributed by atoms with Gasteiger partial charge in [-0.15, -0.1) is 0 Å². The third-order valence-electron chi connectivity index (χ3n) is 4.59. The van der Waals surface area contributed by atoms with Crippen LogP contribution in [0, 0.1) is 5.82 Å². The van der Waals surface area contributed by atoms with E-state index >= 15 is 0 Å². The van der Waals surface area contributed by atoms with Gasteiger partial charge in [-0.2, -0.15) is 0 Å². The van der Waals surface area contributed by atoms with Crippen LogP contribution in [0.1, 0.15) is 37.0 Å². The quantitative estimate of drug-likeness (QED) is 0.889. The first-order valence-electron chi connectivity index (χ1n) is 8.84. The second-order valence-corrected chi connectivity index (χ2v) is 7.41. The van der Waals surface area contributed by atoms with Gasteiger partial charge in [-0.1, -0.05) is 24.3 Å². The van der Waals surface area contributed by atoms with Crippen molar-refractivity contribution in [3.05, 3.63) is 59.9 Å². The summed E-state index contributed by atoms with van der Waals surface area (Å²) in [4.78, 5) is 14.9. The molecule has 132 valence electrons. The van der Waals surface area contributed by atoms with E-state index in [2.05, 4.69) is 24.1 Å². The maximum Gasteiger partial charge on any atom is 0.251 e. The van der Waals surface area contributed by atoms with E-state index < -0.39 is 0 Å². The molecule has 0 bridgehead atoms. The normalized spacial score (nSPS) is 15.3. The van der Waals surface area contributed by atoms with Crippen molar-refractivity contribution in [1.29, 1.82) is 0 Å². The highest BCUT2D eigenvalue weighted by Gasteiger charge is 2.25. The molecule has 1 heterocycles. The Labute approximate surface area is 148 Å². The molecule has 3 rings (SSSR count). The Morgan fingerprint density at radius 1 is 1.00 bits per heavy atom. The van der Waals surface area contributed by atoms with Crippen molar-refractivity contribution in [2.24, 2.45) is 0 Å². The Bertz CT molecular complexity index is 717. The van der Waals surface area contributed by atoms with Crippen LogP contribution >= 0.6 is 0 Å². The van der Waals surface area contributed by atoms with Gasteiger partial charge in [0.15, 0.2) is 0 Å². The van der Waals surface area contributed by atoms with Crippen LogP contribution in [-0.2, 0) is 0 Å². The summed E-state index contributed by atoms with van der Waals surface area (Å²) in [5.74, 6) is -0.310.